The molecule has 0 unspecified atom stereocenters. The zero-order chi connectivity index (χ0) is 21.2. The van der Waals surface area contributed by atoms with Gasteiger partial charge in [-0.3, -0.25) is 9.89 Å². The van der Waals surface area contributed by atoms with Crippen LogP contribution in [0.2, 0.25) is 0 Å². The minimum Gasteiger partial charge on any atom is -0.495 e. The molecule has 0 bridgehead atoms. The van der Waals surface area contributed by atoms with Crippen LogP contribution in [0.25, 0.3) is 32.9 Å². The Balaban J connectivity index is 1.51. The molecule has 0 aliphatic rings. The molecule has 0 radical (unpaired) electrons. The average molecular weight is 428 g/mol. The minimum atomic E-state index is -0.152. The second kappa shape index (κ2) is 8.24. The van der Waals surface area contributed by atoms with Gasteiger partial charge in [-0.05, 0) is 46.8 Å². The first-order valence-electron chi connectivity index (χ1n) is 10.1. The summed E-state index contributed by atoms with van der Waals surface area (Å²) in [7, 11) is 1.59. The third kappa shape index (κ3) is 3.66. The second-order valence-electron chi connectivity index (χ2n) is 7.29. The van der Waals surface area contributed by atoms with Crippen molar-refractivity contribution in [1.29, 1.82) is 0 Å². The number of H-pyrrole nitrogens is 1. The average Bonchev–Trinajstić information content (AvgIpc) is 3.48. The number of aromatic amines is 1. The Morgan fingerprint density at radius 1 is 1.06 bits per heavy atom. The number of nitrogens with one attached hydrogen (secondary N) is 2. The van der Waals surface area contributed by atoms with Gasteiger partial charge in [-0.15, -0.1) is 11.3 Å². The molecule has 31 heavy (non-hydrogen) atoms. The fraction of sp³-hybridized carbons (Fsp3) is 0.120. The number of hydrogen-bond acceptors (Lipinski definition) is 4. The number of carbonyl (C=O) groups is 1. The number of benzene rings is 3. The molecule has 5 aromatic rings. The molecule has 2 N–H and O–H groups in total. The highest BCUT2D eigenvalue weighted by molar-refractivity contribution is 7.09. The fourth-order valence-electron chi connectivity index (χ4n) is 3.87. The van der Waals surface area contributed by atoms with Crippen molar-refractivity contribution in [3.63, 3.8) is 0 Å². The molecule has 1 amide bonds. The lowest BCUT2D eigenvalue weighted by molar-refractivity contribution is 0.0951. The van der Waals surface area contributed by atoms with Crippen molar-refractivity contribution in [2.75, 3.05) is 13.7 Å². The summed E-state index contributed by atoms with van der Waals surface area (Å²) in [5, 5.41) is 15.8. The van der Waals surface area contributed by atoms with Crippen molar-refractivity contribution in [1.82, 2.24) is 15.5 Å². The maximum absolute atomic E-state index is 12.9. The van der Waals surface area contributed by atoms with Gasteiger partial charge in [-0.25, -0.2) is 0 Å². The van der Waals surface area contributed by atoms with Crippen molar-refractivity contribution < 1.29 is 9.53 Å². The van der Waals surface area contributed by atoms with Gasteiger partial charge in [0.05, 0.1) is 23.6 Å². The van der Waals surface area contributed by atoms with Gasteiger partial charge < -0.3 is 10.1 Å². The lowest BCUT2D eigenvalue weighted by Crippen LogP contribution is -2.26. The van der Waals surface area contributed by atoms with Crippen LogP contribution in [-0.2, 0) is 6.42 Å². The van der Waals surface area contributed by atoms with Gasteiger partial charge in [0.2, 0.25) is 0 Å². The molecular formula is C25H21N3O2S. The number of carbonyl (C=O) groups excluding carboxylic acids is 1. The van der Waals surface area contributed by atoms with Gasteiger partial charge in [0, 0.05) is 17.0 Å². The summed E-state index contributed by atoms with van der Waals surface area (Å²) in [6.45, 7) is 0.573. The van der Waals surface area contributed by atoms with E-state index < -0.39 is 0 Å². The van der Waals surface area contributed by atoms with Crippen LogP contribution in [0.1, 0.15) is 15.2 Å². The number of amides is 1. The Morgan fingerprint density at radius 2 is 1.94 bits per heavy atom. The summed E-state index contributed by atoms with van der Waals surface area (Å²) >= 11 is 1.69. The quantitative estimate of drug-likeness (QED) is 0.380. The Morgan fingerprint density at radius 3 is 2.74 bits per heavy atom. The largest absolute Gasteiger partial charge is 0.495 e. The zero-order valence-corrected chi connectivity index (χ0v) is 17.8. The van der Waals surface area contributed by atoms with Gasteiger partial charge in [-0.1, -0.05) is 42.5 Å². The molecule has 154 valence electrons. The normalized spacial score (nSPS) is 11.1. The third-order valence-corrected chi connectivity index (χ3v) is 6.33. The Labute approximate surface area is 183 Å². The van der Waals surface area contributed by atoms with Crippen LogP contribution in [0.15, 0.2) is 72.1 Å². The molecule has 3 aromatic carbocycles. The lowest BCUT2D eigenvalue weighted by atomic mass is 10.0. The number of nitrogens with zero attached hydrogens (tertiary/aromatic N) is 1. The number of aromatic nitrogens is 2. The summed E-state index contributed by atoms with van der Waals surface area (Å²) < 4.78 is 5.72. The van der Waals surface area contributed by atoms with Crippen LogP contribution >= 0.6 is 11.3 Å². The summed E-state index contributed by atoms with van der Waals surface area (Å²) in [5.74, 6) is 0.379. The van der Waals surface area contributed by atoms with Gasteiger partial charge in [0.1, 0.15) is 11.4 Å². The monoisotopic (exact) mass is 427 g/mol. The highest BCUT2D eigenvalue weighted by atomic mass is 32.1. The van der Waals surface area contributed by atoms with Gasteiger partial charge in [-0.2, -0.15) is 5.10 Å². The highest BCUT2D eigenvalue weighted by Crippen LogP contribution is 2.37. The number of ether oxygens (including phenoxy) is 1. The summed E-state index contributed by atoms with van der Waals surface area (Å²) in [6, 6.07) is 22.2. The lowest BCUT2D eigenvalue weighted by Gasteiger charge is -2.11. The van der Waals surface area contributed by atoms with Crippen LogP contribution in [0, 0.1) is 0 Å². The number of hydrogen-bond donors (Lipinski definition) is 2. The predicted molar refractivity (Wildman–Crippen MR) is 126 cm³/mol. The van der Waals surface area contributed by atoms with E-state index in [1.807, 2.05) is 35.7 Å². The van der Waals surface area contributed by atoms with E-state index in [-0.39, 0.29) is 5.91 Å². The second-order valence-corrected chi connectivity index (χ2v) is 8.32. The van der Waals surface area contributed by atoms with Crippen LogP contribution < -0.4 is 10.1 Å². The van der Waals surface area contributed by atoms with Crippen LogP contribution in [0.4, 0.5) is 0 Å². The summed E-state index contributed by atoms with van der Waals surface area (Å²) in [4.78, 5) is 14.2. The molecule has 0 saturated carbocycles. The van der Waals surface area contributed by atoms with E-state index in [0.717, 1.165) is 34.0 Å². The molecule has 0 atom stereocenters. The molecule has 0 aliphatic carbocycles. The van der Waals surface area contributed by atoms with E-state index in [1.165, 1.54) is 10.3 Å². The maximum Gasteiger partial charge on any atom is 0.255 e. The summed E-state index contributed by atoms with van der Waals surface area (Å²) in [6.07, 6.45) is 0.808. The molecule has 5 rings (SSSR count). The summed E-state index contributed by atoms with van der Waals surface area (Å²) in [5.41, 5.74) is 3.07. The molecule has 0 aliphatic heterocycles. The van der Waals surface area contributed by atoms with Crippen LogP contribution in [0.5, 0.6) is 5.75 Å². The number of methoxy groups -OCH3 is 1. The zero-order valence-electron chi connectivity index (χ0n) is 17.0. The van der Waals surface area contributed by atoms with Gasteiger partial charge in [0.15, 0.2) is 0 Å². The fourth-order valence-corrected chi connectivity index (χ4v) is 4.58. The van der Waals surface area contributed by atoms with E-state index in [2.05, 4.69) is 45.8 Å². The number of thiophene rings is 1. The first kappa shape index (κ1) is 19.3. The van der Waals surface area contributed by atoms with Crippen molar-refractivity contribution >= 4 is 38.9 Å². The molecular weight excluding hydrogens is 406 g/mol. The Kier molecular flexibility index (Phi) is 5.14. The molecule has 2 heterocycles. The van der Waals surface area contributed by atoms with Crippen LogP contribution in [-0.4, -0.2) is 29.8 Å². The van der Waals surface area contributed by atoms with Gasteiger partial charge in [0.25, 0.3) is 5.91 Å². The molecule has 6 heteroatoms. The Hall–Kier alpha value is -3.64. The SMILES string of the molecule is COc1c(C(=O)NCCc2cccs2)ccc2[nH]nc(-c3ccc4ccccc4c3)c12. The van der Waals surface area contributed by atoms with Crippen molar-refractivity contribution in [2.24, 2.45) is 0 Å². The molecule has 2 aromatic heterocycles. The van der Waals surface area contributed by atoms with Crippen molar-refractivity contribution in [2.45, 2.75) is 6.42 Å². The smallest absolute Gasteiger partial charge is 0.255 e. The van der Waals surface area contributed by atoms with Crippen molar-refractivity contribution in [3.05, 3.63) is 82.6 Å². The van der Waals surface area contributed by atoms with E-state index >= 15 is 0 Å². The van der Waals surface area contributed by atoms with E-state index in [1.54, 1.807) is 24.5 Å². The first-order valence-corrected chi connectivity index (χ1v) is 11.0. The highest BCUT2D eigenvalue weighted by Gasteiger charge is 2.20. The predicted octanol–water partition coefficient (Wildman–Crippen LogP) is 5.43. The van der Waals surface area contributed by atoms with E-state index in [4.69, 9.17) is 4.74 Å². The molecule has 0 spiro atoms. The number of rotatable bonds is 6. The molecule has 0 saturated heterocycles. The Bertz CT molecular complexity index is 1370. The first-order chi connectivity index (χ1) is 15.2. The maximum atomic E-state index is 12.9. The molecule has 0 fully saturated rings. The van der Waals surface area contributed by atoms with E-state index in [9.17, 15) is 4.79 Å². The molecule has 5 nitrogen and oxygen atoms in total. The van der Waals surface area contributed by atoms with Gasteiger partial charge >= 0.3 is 0 Å². The minimum absolute atomic E-state index is 0.152. The van der Waals surface area contributed by atoms with E-state index in [0.29, 0.717) is 17.9 Å². The van der Waals surface area contributed by atoms with Crippen molar-refractivity contribution in [3.8, 4) is 17.0 Å². The standard InChI is InChI=1S/C25H21N3O2S/c1-30-24-20(25(29)26-13-12-19-7-4-14-31-19)10-11-21-22(24)23(28-27-21)18-9-8-16-5-2-3-6-17(16)15-18/h2-11,14-15H,12-13H2,1H3,(H,26,29)(H,27,28). The topological polar surface area (TPSA) is 67.0 Å². The number of fused-ring (bicyclic) bond motifs is 2. The van der Waals surface area contributed by atoms with Crippen LogP contribution in [0.3, 0.4) is 0 Å². The third-order valence-electron chi connectivity index (χ3n) is 5.39.